The monoisotopic (exact) mass is 641 g/mol. The van der Waals surface area contributed by atoms with Crippen molar-refractivity contribution in [2.45, 2.75) is 83.2 Å². The molecule has 0 bridgehead atoms. The van der Waals surface area contributed by atoms with E-state index in [1.165, 1.54) is 69.2 Å². The average molecular weight is 642 g/mol. The smallest absolute Gasteiger partial charge is 0.305 e. The van der Waals surface area contributed by atoms with E-state index in [4.69, 9.17) is 16.3 Å². The van der Waals surface area contributed by atoms with Crippen molar-refractivity contribution < 1.29 is 9.42 Å². The summed E-state index contributed by atoms with van der Waals surface area (Å²) in [5, 5.41) is 5.72. The van der Waals surface area contributed by atoms with Crippen molar-refractivity contribution in [3.8, 4) is 5.75 Å². The van der Waals surface area contributed by atoms with Gasteiger partial charge in [-0.3, -0.25) is 9.69 Å². The van der Waals surface area contributed by atoms with E-state index in [-0.39, 0.29) is 5.56 Å². The number of nitrogens with one attached hydrogen (secondary N) is 1. The normalized spacial score (nSPS) is 17.8. The van der Waals surface area contributed by atoms with Gasteiger partial charge in [0.15, 0.2) is 6.54 Å². The van der Waals surface area contributed by atoms with Crippen molar-refractivity contribution in [2.24, 2.45) is 0 Å². The Morgan fingerprint density at radius 3 is 2.30 bits per heavy atom. The second-order valence-electron chi connectivity index (χ2n) is 13.2. The van der Waals surface area contributed by atoms with Gasteiger partial charge in [0.25, 0.3) is 0 Å². The van der Waals surface area contributed by atoms with Crippen LogP contribution in [0, 0.1) is 0 Å². The fraction of sp³-hybridized carbons (Fsp3) is 0.487. The van der Waals surface area contributed by atoms with Gasteiger partial charge in [-0.15, -0.1) is 9.78 Å². The maximum atomic E-state index is 13.1. The Morgan fingerprint density at radius 2 is 1.52 bits per heavy atom. The van der Waals surface area contributed by atoms with Crippen LogP contribution in [-0.4, -0.2) is 60.3 Å². The van der Waals surface area contributed by atoms with Gasteiger partial charge < -0.3 is 9.64 Å². The predicted octanol–water partition coefficient (Wildman–Crippen LogP) is 7.19. The molecule has 2 saturated heterocycles. The zero-order valence-electron chi connectivity index (χ0n) is 27.3. The molecular formula is C39H50ClN4O2+. The number of aromatic amines is 1. The van der Waals surface area contributed by atoms with Crippen LogP contribution in [0.3, 0.4) is 0 Å². The van der Waals surface area contributed by atoms with Crippen molar-refractivity contribution in [1.29, 1.82) is 0 Å². The molecule has 1 atom stereocenters. The summed E-state index contributed by atoms with van der Waals surface area (Å²) < 4.78 is 8.18. The van der Waals surface area contributed by atoms with E-state index < -0.39 is 0 Å². The fourth-order valence-corrected chi connectivity index (χ4v) is 7.44. The van der Waals surface area contributed by atoms with Gasteiger partial charge in [-0.05, 0) is 125 Å². The van der Waals surface area contributed by atoms with E-state index >= 15 is 0 Å². The minimum absolute atomic E-state index is 0.0238. The fourth-order valence-electron chi connectivity index (χ4n) is 7.31. The molecule has 7 heteroatoms. The Balaban J connectivity index is 0.987. The molecule has 2 aliphatic heterocycles. The van der Waals surface area contributed by atoms with Gasteiger partial charge in [-0.25, -0.2) is 0 Å². The van der Waals surface area contributed by atoms with Crippen LogP contribution in [0.15, 0.2) is 77.6 Å². The van der Waals surface area contributed by atoms with Crippen LogP contribution in [0.4, 0.5) is 0 Å². The van der Waals surface area contributed by atoms with Crippen molar-refractivity contribution >= 4 is 22.4 Å². The first kappa shape index (κ1) is 32.7. The number of likely N-dealkylation sites (tertiary alicyclic amines) is 2. The van der Waals surface area contributed by atoms with Crippen LogP contribution in [0.25, 0.3) is 10.8 Å². The topological polar surface area (TPSA) is 52.5 Å². The number of nitrogens with zero attached hydrogens (tertiary/aromatic N) is 3. The van der Waals surface area contributed by atoms with Gasteiger partial charge in [-0.2, -0.15) is 0 Å². The lowest BCUT2D eigenvalue weighted by molar-refractivity contribution is -0.763. The van der Waals surface area contributed by atoms with E-state index in [0.717, 1.165) is 85.7 Å². The van der Waals surface area contributed by atoms with E-state index in [2.05, 4.69) is 62.0 Å². The molecule has 46 heavy (non-hydrogen) atoms. The number of unbranched alkanes of at least 4 members (excludes halogenated alkanes) is 1. The molecule has 6 nitrogen and oxygen atoms in total. The molecule has 0 unspecified atom stereocenters. The van der Waals surface area contributed by atoms with Crippen LogP contribution in [0.2, 0.25) is 5.02 Å². The summed E-state index contributed by atoms with van der Waals surface area (Å²) in [7, 11) is 0. The van der Waals surface area contributed by atoms with Crippen molar-refractivity contribution in [3.05, 3.63) is 105 Å². The first-order valence-corrected chi connectivity index (χ1v) is 18.0. The number of fused-ring (bicyclic) bond motifs is 1. The quantitative estimate of drug-likeness (QED) is 0.117. The molecular weight excluding hydrogens is 592 g/mol. The van der Waals surface area contributed by atoms with Gasteiger partial charge in [0, 0.05) is 11.6 Å². The maximum Gasteiger partial charge on any atom is 0.305 e. The number of H-pyrrole nitrogens is 1. The van der Waals surface area contributed by atoms with Crippen LogP contribution < -0.4 is 15.0 Å². The van der Waals surface area contributed by atoms with E-state index in [0.29, 0.717) is 6.04 Å². The molecule has 0 saturated carbocycles. The number of rotatable bonds is 14. The molecule has 1 N–H and O–H groups in total. The highest BCUT2D eigenvalue weighted by atomic mass is 35.5. The lowest BCUT2D eigenvalue weighted by Crippen LogP contribution is -2.53. The van der Waals surface area contributed by atoms with Gasteiger partial charge in [0.2, 0.25) is 5.69 Å². The highest BCUT2D eigenvalue weighted by molar-refractivity contribution is 6.30. The molecule has 2 fully saturated rings. The lowest BCUT2D eigenvalue weighted by atomic mass is 10.0. The summed E-state index contributed by atoms with van der Waals surface area (Å²) in [6.45, 7) is 7.46. The SMILES string of the molecule is O=c1[nH][n+](C[C@H]2CCCN2CCCCc2ccc(OCCCN3CCCCCC3)cc2)c(Cc2ccc(Cl)cc2)c2ccccc12. The van der Waals surface area contributed by atoms with Gasteiger partial charge in [-0.1, -0.05) is 60.8 Å². The van der Waals surface area contributed by atoms with Gasteiger partial charge in [0.1, 0.15) is 5.75 Å². The maximum absolute atomic E-state index is 13.1. The summed E-state index contributed by atoms with van der Waals surface area (Å²) in [5.41, 5.74) is 3.69. The van der Waals surface area contributed by atoms with Crippen molar-refractivity contribution in [1.82, 2.24) is 14.9 Å². The Kier molecular flexibility index (Phi) is 11.8. The third kappa shape index (κ3) is 8.99. The number of hydrogen-bond donors (Lipinski definition) is 1. The number of halogens is 1. The Labute approximate surface area is 279 Å². The zero-order chi connectivity index (χ0) is 31.6. The number of ether oxygens (including phenoxy) is 1. The number of hydrogen-bond acceptors (Lipinski definition) is 4. The van der Waals surface area contributed by atoms with E-state index in [1.807, 2.05) is 30.3 Å². The predicted molar refractivity (Wildman–Crippen MR) is 188 cm³/mol. The van der Waals surface area contributed by atoms with Crippen LogP contribution in [0.1, 0.15) is 74.6 Å². The third-order valence-electron chi connectivity index (χ3n) is 9.89. The first-order chi connectivity index (χ1) is 22.6. The number of benzene rings is 3. The lowest BCUT2D eigenvalue weighted by Gasteiger charge is -2.22. The molecule has 3 aromatic carbocycles. The first-order valence-electron chi connectivity index (χ1n) is 17.6. The van der Waals surface area contributed by atoms with Gasteiger partial charge >= 0.3 is 5.56 Å². The van der Waals surface area contributed by atoms with E-state index in [9.17, 15) is 4.79 Å². The molecule has 3 heterocycles. The molecule has 1 aromatic heterocycles. The molecule has 0 radical (unpaired) electrons. The minimum Gasteiger partial charge on any atom is -0.494 e. The molecule has 0 amide bonds. The van der Waals surface area contributed by atoms with Crippen LogP contribution in [0.5, 0.6) is 5.75 Å². The minimum atomic E-state index is -0.0238. The van der Waals surface area contributed by atoms with Crippen molar-refractivity contribution in [3.63, 3.8) is 0 Å². The second-order valence-corrected chi connectivity index (χ2v) is 13.7. The Hall–Kier alpha value is -3.19. The standard InChI is InChI=1S/C39H49ClN4O2/c40-33-19-15-32(16-20-33)29-38-36-13-3-4-14-37(36)39(45)41-44(38)30-34-12-9-27-43(34)26-8-5-11-31-17-21-35(22-18-31)46-28-10-25-42-23-6-1-2-7-24-42/h3-4,13-22,34H,1-2,5-12,23-30H2/p+1/t34-/m1/s1. The molecule has 2 aliphatic rings. The van der Waals surface area contributed by atoms with E-state index in [1.54, 1.807) is 0 Å². The summed E-state index contributed by atoms with van der Waals surface area (Å²) >= 11 is 6.17. The molecule has 244 valence electrons. The molecule has 0 spiro atoms. The second kappa shape index (κ2) is 16.6. The number of aromatic nitrogens is 2. The van der Waals surface area contributed by atoms with Crippen molar-refractivity contribution in [2.75, 3.05) is 39.3 Å². The largest absolute Gasteiger partial charge is 0.494 e. The van der Waals surface area contributed by atoms with Crippen LogP contribution >= 0.6 is 11.6 Å². The Bertz CT molecular complexity index is 1580. The van der Waals surface area contributed by atoms with Gasteiger partial charge in [0.05, 0.1) is 29.8 Å². The summed E-state index contributed by atoms with van der Waals surface area (Å²) in [5.74, 6) is 0.985. The number of aryl methyl sites for hydroxylation is 1. The molecule has 0 aliphatic carbocycles. The third-order valence-corrected chi connectivity index (χ3v) is 10.1. The zero-order valence-corrected chi connectivity index (χ0v) is 28.0. The highest BCUT2D eigenvalue weighted by Gasteiger charge is 2.30. The summed E-state index contributed by atoms with van der Waals surface area (Å²) in [6, 6.07) is 25.2. The summed E-state index contributed by atoms with van der Waals surface area (Å²) in [4.78, 5) is 18.3. The highest BCUT2D eigenvalue weighted by Crippen LogP contribution is 2.22. The van der Waals surface area contributed by atoms with Crippen LogP contribution in [-0.2, 0) is 19.4 Å². The summed E-state index contributed by atoms with van der Waals surface area (Å²) in [6.07, 6.45) is 13.1. The average Bonchev–Trinajstić information content (AvgIpc) is 3.35. The molecule has 6 rings (SSSR count). The molecule has 4 aromatic rings. The Morgan fingerprint density at radius 1 is 0.783 bits per heavy atom.